The van der Waals surface area contributed by atoms with Gasteiger partial charge in [0.25, 0.3) is 0 Å². The number of esters is 1. The highest BCUT2D eigenvalue weighted by molar-refractivity contribution is 7.51. The maximum Gasteiger partial charge on any atom is 0.350 e. The summed E-state index contributed by atoms with van der Waals surface area (Å²) in [5, 5.41) is 0. The first kappa shape index (κ1) is 18.3. The molecule has 11 nitrogen and oxygen atoms in total. The molecule has 1 unspecified atom stereocenters. The predicted octanol–water partition coefficient (Wildman–Crippen LogP) is 0.0546. The lowest BCUT2D eigenvalue weighted by Crippen LogP contribution is -2.18. The summed E-state index contributed by atoms with van der Waals surface area (Å²) >= 11 is 0. The molecular formula is C12H18N5O6P. The van der Waals surface area contributed by atoms with Gasteiger partial charge in [-0.15, -0.1) is 0 Å². The summed E-state index contributed by atoms with van der Waals surface area (Å²) in [5.41, 5.74) is 6.60. The minimum Gasteiger partial charge on any atom is -0.466 e. The summed E-state index contributed by atoms with van der Waals surface area (Å²) in [4.78, 5) is 40.8. The quantitative estimate of drug-likeness (QED) is 0.433. The van der Waals surface area contributed by atoms with Crippen molar-refractivity contribution in [3.05, 3.63) is 12.7 Å². The van der Waals surface area contributed by atoms with Gasteiger partial charge in [0.15, 0.2) is 11.5 Å². The Kier molecular flexibility index (Phi) is 5.84. The molecule has 0 aromatic carbocycles. The standard InChI is InChI=1S/C12H18N5O6P/c1-8(18)23-3-2-9(4-22-7-24(19,20)21)17-6-16-10-11(13)14-5-15-12(10)17/h5-6,9H,2-4,7H2,1H3,(H2,13,14,15)(H2,19,20,21). The number of aromatic nitrogens is 4. The highest BCUT2D eigenvalue weighted by atomic mass is 31.2. The van der Waals surface area contributed by atoms with E-state index in [9.17, 15) is 9.36 Å². The van der Waals surface area contributed by atoms with Crippen molar-refractivity contribution in [2.24, 2.45) is 0 Å². The molecule has 0 spiro atoms. The Morgan fingerprint density at radius 3 is 2.83 bits per heavy atom. The number of hydrogen-bond acceptors (Lipinski definition) is 8. The van der Waals surface area contributed by atoms with Crippen LogP contribution in [-0.4, -0.2) is 54.8 Å². The number of nitrogen functional groups attached to an aromatic ring is 1. The molecule has 0 aliphatic carbocycles. The van der Waals surface area contributed by atoms with Crippen LogP contribution in [0.3, 0.4) is 0 Å². The fourth-order valence-electron chi connectivity index (χ4n) is 2.09. The minimum absolute atomic E-state index is 0.0260. The van der Waals surface area contributed by atoms with Gasteiger partial charge in [0.2, 0.25) is 0 Å². The molecule has 0 aliphatic heterocycles. The molecule has 2 aromatic heterocycles. The van der Waals surface area contributed by atoms with Crippen LogP contribution in [0, 0.1) is 0 Å². The number of ether oxygens (including phenoxy) is 2. The number of nitrogens with two attached hydrogens (primary N) is 1. The molecule has 0 bridgehead atoms. The van der Waals surface area contributed by atoms with E-state index in [-0.39, 0.29) is 19.0 Å². The summed E-state index contributed by atoms with van der Waals surface area (Å²) in [7, 11) is -4.27. The molecular weight excluding hydrogens is 341 g/mol. The Hall–Kier alpha value is -2.07. The molecule has 4 N–H and O–H groups in total. The normalized spacial score (nSPS) is 13.1. The van der Waals surface area contributed by atoms with Crippen LogP contribution in [0.4, 0.5) is 5.82 Å². The molecule has 132 valence electrons. The van der Waals surface area contributed by atoms with Crippen LogP contribution in [0.1, 0.15) is 19.4 Å². The van der Waals surface area contributed by atoms with Gasteiger partial charge in [0.1, 0.15) is 18.2 Å². The largest absolute Gasteiger partial charge is 0.466 e. The summed E-state index contributed by atoms with van der Waals surface area (Å²) in [6.45, 7) is 1.38. The minimum atomic E-state index is -4.27. The summed E-state index contributed by atoms with van der Waals surface area (Å²) in [5.74, 6) is -0.208. The van der Waals surface area contributed by atoms with Gasteiger partial charge >= 0.3 is 13.6 Å². The van der Waals surface area contributed by atoms with Crippen LogP contribution in [0.15, 0.2) is 12.7 Å². The molecule has 0 fully saturated rings. The van der Waals surface area contributed by atoms with Gasteiger partial charge in [0.05, 0.1) is 25.6 Å². The van der Waals surface area contributed by atoms with Crippen molar-refractivity contribution < 1.29 is 28.6 Å². The third-order valence-corrected chi connectivity index (χ3v) is 3.63. The van der Waals surface area contributed by atoms with Gasteiger partial charge in [-0.3, -0.25) is 9.36 Å². The van der Waals surface area contributed by atoms with Gasteiger partial charge < -0.3 is 29.6 Å². The number of fused-ring (bicyclic) bond motifs is 1. The number of carbonyl (C=O) groups excluding carboxylic acids is 1. The molecule has 0 saturated heterocycles. The molecule has 0 aliphatic rings. The number of nitrogens with zero attached hydrogens (tertiary/aromatic N) is 4. The average molecular weight is 359 g/mol. The molecule has 2 rings (SSSR count). The second-order valence-corrected chi connectivity index (χ2v) is 6.62. The average Bonchev–Trinajstić information content (AvgIpc) is 2.89. The molecule has 2 aromatic rings. The fraction of sp³-hybridized carbons (Fsp3) is 0.500. The summed E-state index contributed by atoms with van der Waals surface area (Å²) in [6, 6.07) is -0.407. The zero-order valence-electron chi connectivity index (χ0n) is 12.9. The van der Waals surface area contributed by atoms with E-state index in [2.05, 4.69) is 15.0 Å². The van der Waals surface area contributed by atoms with Crippen LogP contribution in [-0.2, 0) is 18.8 Å². The lowest BCUT2D eigenvalue weighted by molar-refractivity contribution is -0.141. The molecule has 1 atom stereocenters. The van der Waals surface area contributed by atoms with Crippen molar-refractivity contribution in [1.82, 2.24) is 19.5 Å². The van der Waals surface area contributed by atoms with Crippen molar-refractivity contribution in [3.8, 4) is 0 Å². The number of carbonyl (C=O) groups is 1. The third kappa shape index (κ3) is 4.96. The molecule has 0 radical (unpaired) electrons. The van der Waals surface area contributed by atoms with E-state index in [0.29, 0.717) is 17.6 Å². The van der Waals surface area contributed by atoms with E-state index >= 15 is 0 Å². The molecule has 0 saturated carbocycles. The first-order valence-corrected chi connectivity index (χ1v) is 8.76. The van der Waals surface area contributed by atoms with Crippen molar-refractivity contribution in [1.29, 1.82) is 0 Å². The van der Waals surface area contributed by atoms with Gasteiger partial charge in [-0.2, -0.15) is 0 Å². The Balaban J connectivity index is 2.17. The van der Waals surface area contributed by atoms with Gasteiger partial charge in [-0.1, -0.05) is 0 Å². The van der Waals surface area contributed by atoms with E-state index in [1.165, 1.54) is 19.6 Å². The van der Waals surface area contributed by atoms with Crippen LogP contribution in [0.5, 0.6) is 0 Å². The topological polar surface area (TPSA) is 163 Å². The number of rotatable bonds is 8. The first-order chi connectivity index (χ1) is 11.3. The lowest BCUT2D eigenvalue weighted by atomic mass is 10.2. The van der Waals surface area contributed by atoms with Crippen molar-refractivity contribution in [2.45, 2.75) is 19.4 Å². The number of anilines is 1. The Morgan fingerprint density at radius 2 is 2.17 bits per heavy atom. The maximum absolute atomic E-state index is 10.9. The van der Waals surface area contributed by atoms with Crippen LogP contribution in [0.25, 0.3) is 11.2 Å². The van der Waals surface area contributed by atoms with E-state index < -0.39 is 26.0 Å². The molecule has 2 heterocycles. The third-order valence-electron chi connectivity index (χ3n) is 3.11. The lowest BCUT2D eigenvalue weighted by Gasteiger charge is -2.19. The SMILES string of the molecule is CC(=O)OCCC(COCP(=O)(O)O)n1cnc2c(N)ncnc21. The zero-order chi connectivity index (χ0) is 17.7. The maximum atomic E-state index is 10.9. The van der Waals surface area contributed by atoms with Crippen molar-refractivity contribution in [3.63, 3.8) is 0 Å². The highest BCUT2D eigenvalue weighted by Gasteiger charge is 2.20. The molecule has 0 amide bonds. The van der Waals surface area contributed by atoms with E-state index in [0.717, 1.165) is 0 Å². The second kappa shape index (κ2) is 7.67. The molecule has 24 heavy (non-hydrogen) atoms. The van der Waals surface area contributed by atoms with Crippen molar-refractivity contribution >= 4 is 30.5 Å². The first-order valence-electron chi connectivity index (χ1n) is 6.96. The van der Waals surface area contributed by atoms with E-state index in [4.69, 9.17) is 25.0 Å². The van der Waals surface area contributed by atoms with Gasteiger partial charge in [0, 0.05) is 13.3 Å². The fourth-order valence-corrected chi connectivity index (χ4v) is 2.43. The summed E-state index contributed by atoms with van der Waals surface area (Å²) < 4.78 is 22.6. The smallest absolute Gasteiger partial charge is 0.350 e. The van der Waals surface area contributed by atoms with Crippen molar-refractivity contribution in [2.75, 3.05) is 25.3 Å². The van der Waals surface area contributed by atoms with Crippen LogP contribution in [0.2, 0.25) is 0 Å². The highest BCUT2D eigenvalue weighted by Crippen LogP contribution is 2.34. The monoisotopic (exact) mass is 359 g/mol. The zero-order valence-corrected chi connectivity index (χ0v) is 13.8. The Bertz CT molecular complexity index is 759. The van der Waals surface area contributed by atoms with Gasteiger partial charge in [-0.25, -0.2) is 15.0 Å². The molecule has 12 heteroatoms. The van der Waals surface area contributed by atoms with E-state index in [1.807, 2.05) is 0 Å². The van der Waals surface area contributed by atoms with Crippen LogP contribution >= 0.6 is 7.60 Å². The summed E-state index contributed by atoms with van der Waals surface area (Å²) in [6.07, 6.45) is 2.40. The Labute approximate surface area is 137 Å². The second-order valence-electron chi connectivity index (χ2n) is 5.03. The van der Waals surface area contributed by atoms with E-state index in [1.54, 1.807) is 4.57 Å². The van der Waals surface area contributed by atoms with Crippen LogP contribution < -0.4 is 5.73 Å². The number of hydrogen-bond donors (Lipinski definition) is 3. The number of imidazole rings is 1. The predicted molar refractivity (Wildman–Crippen MR) is 82.9 cm³/mol. The van der Waals surface area contributed by atoms with Gasteiger partial charge in [-0.05, 0) is 0 Å². The Morgan fingerprint density at radius 1 is 1.42 bits per heavy atom.